The Morgan fingerprint density at radius 2 is 1.13 bits per heavy atom. The van der Waals surface area contributed by atoms with Gasteiger partial charge in [-0.05, 0) is 32.9 Å². The summed E-state index contributed by atoms with van der Waals surface area (Å²) in [5.41, 5.74) is 0. The van der Waals surface area contributed by atoms with Gasteiger partial charge in [0.1, 0.15) is 19.0 Å². The fraction of sp³-hybridized carbons (Fsp3) is 0.885. The second-order valence-electron chi connectivity index (χ2n) is 8.23. The number of nitrogens with zero attached hydrogens (tertiary/aromatic N) is 1. The van der Waals surface area contributed by atoms with Crippen molar-refractivity contribution in [2.24, 2.45) is 0 Å². The van der Waals surface area contributed by atoms with Crippen molar-refractivity contribution in [3.8, 4) is 0 Å². The molecule has 0 aromatic rings. The second kappa shape index (κ2) is 27.1. The molecule has 0 heterocycles. The molecule has 1 atom stereocenters. The van der Waals surface area contributed by atoms with E-state index in [1.165, 1.54) is 6.92 Å². The summed E-state index contributed by atoms with van der Waals surface area (Å²) in [5, 5.41) is 0.563. The summed E-state index contributed by atoms with van der Waals surface area (Å²) in [7, 11) is 0. The van der Waals surface area contributed by atoms with Crippen LogP contribution in [0.1, 0.15) is 46.5 Å². The van der Waals surface area contributed by atoms with E-state index in [0.29, 0.717) is 77.8 Å². The lowest BCUT2D eigenvalue weighted by atomic mass is 10.2. The zero-order chi connectivity index (χ0) is 28.3. The van der Waals surface area contributed by atoms with Crippen molar-refractivity contribution >= 4 is 29.6 Å². The number of ketones is 1. The maximum atomic E-state index is 12.2. The van der Waals surface area contributed by atoms with Gasteiger partial charge in [0.2, 0.25) is 0 Å². The van der Waals surface area contributed by atoms with Crippen LogP contribution in [-0.4, -0.2) is 127 Å². The standard InChI is InChI=1S/C26H49NO10S/c1-5-24(38-4)9-10-27(6-2)26(30)37-22-20-35-18-16-33-14-12-31-11-13-32-15-17-34-19-21-36-25(29)8-7-23(3)28/h24H,5-22H2,1-4H3. The summed E-state index contributed by atoms with van der Waals surface area (Å²) in [6, 6.07) is 0. The highest BCUT2D eigenvalue weighted by Crippen LogP contribution is 2.15. The molecule has 0 radical (unpaired) electrons. The van der Waals surface area contributed by atoms with Crippen molar-refractivity contribution in [1.82, 2.24) is 4.90 Å². The first-order chi connectivity index (χ1) is 18.4. The quantitative estimate of drug-likeness (QED) is 0.108. The number of hydrogen-bond donors (Lipinski definition) is 0. The highest BCUT2D eigenvalue weighted by Gasteiger charge is 2.15. The van der Waals surface area contributed by atoms with E-state index < -0.39 is 5.97 Å². The summed E-state index contributed by atoms with van der Waals surface area (Å²) in [5.74, 6) is -0.432. The van der Waals surface area contributed by atoms with E-state index in [0.717, 1.165) is 12.8 Å². The summed E-state index contributed by atoms with van der Waals surface area (Å²) in [6.45, 7) is 11.3. The molecule has 11 nitrogen and oxygen atoms in total. The lowest BCUT2D eigenvalue weighted by Crippen LogP contribution is -2.34. The van der Waals surface area contributed by atoms with E-state index in [9.17, 15) is 14.4 Å². The molecule has 0 N–H and O–H groups in total. The van der Waals surface area contributed by atoms with Crippen molar-refractivity contribution in [1.29, 1.82) is 0 Å². The van der Waals surface area contributed by atoms with Gasteiger partial charge < -0.3 is 42.9 Å². The fourth-order valence-corrected chi connectivity index (χ4v) is 3.67. The Bertz CT molecular complexity index is 592. The zero-order valence-corrected chi connectivity index (χ0v) is 24.6. The average molecular weight is 568 g/mol. The van der Waals surface area contributed by atoms with E-state index >= 15 is 0 Å². The lowest BCUT2D eigenvalue weighted by molar-refractivity contribution is -0.146. The first-order valence-electron chi connectivity index (χ1n) is 13.4. The van der Waals surface area contributed by atoms with Gasteiger partial charge in [0.15, 0.2) is 0 Å². The summed E-state index contributed by atoms with van der Waals surface area (Å²) < 4.78 is 37.2. The molecule has 1 amide bonds. The number of thioether (sulfide) groups is 1. The van der Waals surface area contributed by atoms with E-state index in [1.807, 2.05) is 18.7 Å². The molecule has 0 saturated carbocycles. The Balaban J connectivity index is 3.37. The topological polar surface area (TPSA) is 119 Å². The molecule has 0 aromatic carbocycles. The third-order valence-electron chi connectivity index (χ3n) is 5.26. The van der Waals surface area contributed by atoms with Crippen LogP contribution in [0, 0.1) is 0 Å². The molecule has 12 heteroatoms. The number of ether oxygens (including phenoxy) is 7. The van der Waals surface area contributed by atoms with Crippen LogP contribution in [-0.2, 0) is 42.7 Å². The Morgan fingerprint density at radius 1 is 0.684 bits per heavy atom. The zero-order valence-electron chi connectivity index (χ0n) is 23.7. The van der Waals surface area contributed by atoms with Crippen LogP contribution in [0.4, 0.5) is 4.79 Å². The van der Waals surface area contributed by atoms with Gasteiger partial charge in [-0.15, -0.1) is 0 Å². The molecule has 0 spiro atoms. The van der Waals surface area contributed by atoms with Gasteiger partial charge in [0, 0.05) is 24.8 Å². The molecule has 0 aromatic heterocycles. The van der Waals surface area contributed by atoms with Crippen LogP contribution >= 0.6 is 11.8 Å². The molecule has 0 aliphatic rings. The van der Waals surface area contributed by atoms with Crippen LogP contribution in [0.2, 0.25) is 0 Å². The Labute approximate surface area is 232 Å². The third kappa shape index (κ3) is 23.7. The first kappa shape index (κ1) is 36.6. The minimum absolute atomic E-state index is 0.0362. The SMILES string of the molecule is CCC(CCN(CC)C(=O)OCCOCCOCCOCCOCCOCCOC(=O)CCC(C)=O)SC. The molecule has 0 rings (SSSR count). The number of rotatable bonds is 27. The van der Waals surface area contributed by atoms with Crippen molar-refractivity contribution in [2.45, 2.75) is 51.7 Å². The Morgan fingerprint density at radius 3 is 1.53 bits per heavy atom. The average Bonchev–Trinajstić information content (AvgIpc) is 2.91. The van der Waals surface area contributed by atoms with Gasteiger partial charge in [-0.3, -0.25) is 4.79 Å². The van der Waals surface area contributed by atoms with Crippen molar-refractivity contribution in [3.63, 3.8) is 0 Å². The molecule has 0 fully saturated rings. The van der Waals surface area contributed by atoms with Crippen molar-refractivity contribution in [3.05, 3.63) is 0 Å². The third-order valence-corrected chi connectivity index (χ3v) is 6.50. The van der Waals surface area contributed by atoms with Gasteiger partial charge in [-0.2, -0.15) is 11.8 Å². The number of Topliss-reactive ketones (excluding diaryl/α,β-unsaturated/α-hetero) is 1. The molecule has 0 aliphatic carbocycles. The van der Waals surface area contributed by atoms with Crippen molar-refractivity contribution < 1.29 is 47.5 Å². The summed E-state index contributed by atoms with van der Waals surface area (Å²) in [6.07, 6.45) is 4.17. The Hall–Kier alpha value is -1.44. The molecular weight excluding hydrogens is 518 g/mol. The van der Waals surface area contributed by atoms with E-state index in [-0.39, 0.29) is 44.5 Å². The van der Waals surface area contributed by atoms with E-state index in [2.05, 4.69) is 13.2 Å². The Kier molecular flexibility index (Phi) is 26.1. The second-order valence-corrected chi connectivity index (χ2v) is 9.37. The van der Waals surface area contributed by atoms with Crippen LogP contribution in [0.25, 0.3) is 0 Å². The monoisotopic (exact) mass is 567 g/mol. The molecule has 0 aliphatic heterocycles. The minimum Gasteiger partial charge on any atom is -0.463 e. The molecule has 0 bridgehead atoms. The van der Waals surface area contributed by atoms with Crippen LogP contribution < -0.4 is 0 Å². The highest BCUT2D eigenvalue weighted by molar-refractivity contribution is 7.99. The summed E-state index contributed by atoms with van der Waals surface area (Å²) in [4.78, 5) is 36.0. The van der Waals surface area contributed by atoms with Crippen LogP contribution in [0.5, 0.6) is 0 Å². The smallest absolute Gasteiger partial charge is 0.409 e. The van der Waals surface area contributed by atoms with Crippen molar-refractivity contribution in [2.75, 3.05) is 98.6 Å². The number of carbonyl (C=O) groups is 3. The van der Waals surface area contributed by atoms with Crippen LogP contribution in [0.15, 0.2) is 0 Å². The largest absolute Gasteiger partial charge is 0.463 e. The number of carbonyl (C=O) groups excluding carboxylic acids is 3. The van der Waals surface area contributed by atoms with Gasteiger partial charge in [-0.25, -0.2) is 4.79 Å². The maximum absolute atomic E-state index is 12.2. The minimum atomic E-state index is -0.395. The number of esters is 1. The molecule has 224 valence electrons. The number of amides is 1. The van der Waals surface area contributed by atoms with Gasteiger partial charge in [0.05, 0.1) is 72.5 Å². The van der Waals surface area contributed by atoms with Gasteiger partial charge >= 0.3 is 12.1 Å². The molecule has 38 heavy (non-hydrogen) atoms. The van der Waals surface area contributed by atoms with Gasteiger partial charge in [-0.1, -0.05) is 6.92 Å². The molecule has 1 unspecified atom stereocenters. The predicted molar refractivity (Wildman–Crippen MR) is 146 cm³/mol. The van der Waals surface area contributed by atoms with E-state index in [1.54, 1.807) is 4.90 Å². The van der Waals surface area contributed by atoms with Crippen LogP contribution in [0.3, 0.4) is 0 Å². The number of hydrogen-bond acceptors (Lipinski definition) is 11. The normalized spacial score (nSPS) is 11.8. The molecular formula is C26H49NO10S. The lowest BCUT2D eigenvalue weighted by Gasteiger charge is -2.22. The fourth-order valence-electron chi connectivity index (χ4n) is 2.99. The summed E-state index contributed by atoms with van der Waals surface area (Å²) >= 11 is 1.83. The molecule has 0 saturated heterocycles. The van der Waals surface area contributed by atoms with Gasteiger partial charge in [0.25, 0.3) is 0 Å². The predicted octanol–water partition coefficient (Wildman–Crippen LogP) is 2.97. The first-order valence-corrected chi connectivity index (χ1v) is 14.7. The van der Waals surface area contributed by atoms with E-state index in [4.69, 9.17) is 33.2 Å². The maximum Gasteiger partial charge on any atom is 0.409 e. The highest BCUT2D eigenvalue weighted by atomic mass is 32.2.